The molecule has 3 nitrogen and oxygen atoms in total. The van der Waals surface area contributed by atoms with E-state index in [2.05, 4.69) is 5.32 Å². The molecule has 3 rings (SSSR count). The second-order valence-electron chi connectivity index (χ2n) is 6.32. The molecule has 0 aliphatic heterocycles. The van der Waals surface area contributed by atoms with Gasteiger partial charge in [0.15, 0.2) is 0 Å². The van der Waals surface area contributed by atoms with Gasteiger partial charge >= 0.3 is 0 Å². The van der Waals surface area contributed by atoms with Gasteiger partial charge in [-0.3, -0.25) is 4.79 Å². The van der Waals surface area contributed by atoms with Crippen molar-refractivity contribution >= 4 is 5.91 Å². The highest BCUT2D eigenvalue weighted by Crippen LogP contribution is 2.49. The number of hydrogen-bond acceptors (Lipinski definition) is 2. The number of nitrogens with two attached hydrogens (primary N) is 1. The van der Waals surface area contributed by atoms with E-state index < -0.39 is 0 Å². The van der Waals surface area contributed by atoms with Crippen LogP contribution in [0, 0.1) is 17.8 Å². The van der Waals surface area contributed by atoms with E-state index in [1.54, 1.807) is 0 Å². The largest absolute Gasteiger partial charge is 0.353 e. The molecular formula is C14H24N2O. The maximum absolute atomic E-state index is 12.3. The van der Waals surface area contributed by atoms with Crippen molar-refractivity contribution in [3.63, 3.8) is 0 Å². The minimum atomic E-state index is 0.352. The zero-order chi connectivity index (χ0) is 11.8. The van der Waals surface area contributed by atoms with Crippen molar-refractivity contribution < 1.29 is 4.79 Å². The first-order valence-corrected chi connectivity index (χ1v) is 7.30. The third-order valence-electron chi connectivity index (χ3n) is 4.68. The van der Waals surface area contributed by atoms with E-state index in [-0.39, 0.29) is 0 Å². The monoisotopic (exact) mass is 236 g/mol. The number of nitrogens with one attached hydrogen (secondary N) is 1. The van der Waals surface area contributed by atoms with Gasteiger partial charge in [0.2, 0.25) is 5.91 Å². The molecule has 3 N–H and O–H groups in total. The molecule has 0 aromatic rings. The Balaban J connectivity index is 1.51. The Morgan fingerprint density at radius 3 is 1.94 bits per heavy atom. The third kappa shape index (κ3) is 2.82. The zero-order valence-electron chi connectivity index (χ0n) is 10.5. The van der Waals surface area contributed by atoms with Crippen LogP contribution in [0.25, 0.3) is 0 Å². The molecule has 0 spiro atoms. The minimum absolute atomic E-state index is 0.352. The Labute approximate surface area is 104 Å². The lowest BCUT2D eigenvalue weighted by molar-refractivity contribution is -0.127. The maximum atomic E-state index is 12.3. The summed E-state index contributed by atoms with van der Waals surface area (Å²) in [5.41, 5.74) is 5.89. The van der Waals surface area contributed by atoms with E-state index in [0.29, 0.717) is 35.7 Å². The van der Waals surface area contributed by atoms with Gasteiger partial charge in [-0.05, 0) is 63.2 Å². The molecule has 0 bridgehead atoms. The lowest BCUT2D eigenvalue weighted by Crippen LogP contribution is -2.43. The molecule has 0 atom stereocenters. The number of carbonyl (C=O) groups excluding carboxylic acids is 1. The zero-order valence-corrected chi connectivity index (χ0v) is 10.5. The van der Waals surface area contributed by atoms with Crippen LogP contribution in [0.4, 0.5) is 0 Å². The molecule has 0 heterocycles. The summed E-state index contributed by atoms with van der Waals surface area (Å²) in [5, 5.41) is 3.29. The molecule has 0 unspecified atom stereocenters. The fourth-order valence-electron chi connectivity index (χ4n) is 3.28. The fraction of sp³-hybridized carbons (Fsp3) is 0.929. The van der Waals surface area contributed by atoms with Gasteiger partial charge in [-0.1, -0.05) is 0 Å². The van der Waals surface area contributed by atoms with Gasteiger partial charge < -0.3 is 11.1 Å². The first-order valence-electron chi connectivity index (χ1n) is 7.30. The van der Waals surface area contributed by atoms with Crippen LogP contribution in [-0.4, -0.2) is 18.0 Å². The smallest absolute Gasteiger partial charge is 0.223 e. The van der Waals surface area contributed by atoms with Crippen LogP contribution in [0.1, 0.15) is 51.4 Å². The number of hydrogen-bond donors (Lipinski definition) is 2. The van der Waals surface area contributed by atoms with Crippen LogP contribution in [0.2, 0.25) is 0 Å². The summed E-state index contributed by atoms with van der Waals surface area (Å²) in [5.74, 6) is 2.14. The second kappa shape index (κ2) is 4.60. The Bertz CT molecular complexity index is 277. The standard InChI is InChI=1S/C14H24N2O/c15-11-5-7-12(8-6-11)16-14(17)13(9-1-2-9)10-3-4-10/h9-13H,1-8,15H2,(H,16,17). The average Bonchev–Trinajstić information content (AvgIpc) is 3.14. The summed E-state index contributed by atoms with van der Waals surface area (Å²) in [4.78, 5) is 12.3. The highest BCUT2D eigenvalue weighted by atomic mass is 16.2. The van der Waals surface area contributed by atoms with Crippen molar-refractivity contribution in [1.29, 1.82) is 0 Å². The molecule has 0 saturated heterocycles. The summed E-state index contributed by atoms with van der Waals surface area (Å²) in [6.45, 7) is 0. The van der Waals surface area contributed by atoms with Crippen LogP contribution in [-0.2, 0) is 4.79 Å². The van der Waals surface area contributed by atoms with Gasteiger partial charge in [0.1, 0.15) is 0 Å². The molecule has 17 heavy (non-hydrogen) atoms. The molecule has 0 aromatic heterocycles. The minimum Gasteiger partial charge on any atom is -0.353 e. The number of amides is 1. The van der Waals surface area contributed by atoms with Crippen LogP contribution < -0.4 is 11.1 Å². The van der Waals surface area contributed by atoms with Gasteiger partial charge in [0, 0.05) is 18.0 Å². The quantitative estimate of drug-likeness (QED) is 0.782. The molecule has 3 aliphatic carbocycles. The van der Waals surface area contributed by atoms with Crippen molar-refractivity contribution in [3.05, 3.63) is 0 Å². The van der Waals surface area contributed by atoms with Gasteiger partial charge in [0.25, 0.3) is 0 Å². The van der Waals surface area contributed by atoms with Crippen molar-refractivity contribution in [2.24, 2.45) is 23.5 Å². The van der Waals surface area contributed by atoms with Crippen molar-refractivity contribution in [2.75, 3.05) is 0 Å². The first kappa shape index (κ1) is 11.5. The van der Waals surface area contributed by atoms with Crippen LogP contribution in [0.3, 0.4) is 0 Å². The lowest BCUT2D eigenvalue weighted by Gasteiger charge is -2.28. The summed E-state index contributed by atoms with van der Waals surface area (Å²) < 4.78 is 0. The summed E-state index contributed by atoms with van der Waals surface area (Å²) in [7, 11) is 0. The summed E-state index contributed by atoms with van der Waals surface area (Å²) in [6, 6.07) is 0.771. The Morgan fingerprint density at radius 1 is 0.941 bits per heavy atom. The van der Waals surface area contributed by atoms with Crippen LogP contribution in [0.5, 0.6) is 0 Å². The molecule has 0 radical (unpaired) electrons. The van der Waals surface area contributed by atoms with Crippen LogP contribution >= 0.6 is 0 Å². The molecular weight excluding hydrogens is 212 g/mol. The topological polar surface area (TPSA) is 55.1 Å². The van der Waals surface area contributed by atoms with E-state index in [4.69, 9.17) is 5.73 Å². The molecule has 3 fully saturated rings. The fourth-order valence-corrected chi connectivity index (χ4v) is 3.28. The van der Waals surface area contributed by atoms with Crippen molar-refractivity contribution in [2.45, 2.75) is 63.5 Å². The van der Waals surface area contributed by atoms with E-state index in [9.17, 15) is 4.79 Å². The normalized spacial score (nSPS) is 33.8. The number of carbonyl (C=O) groups is 1. The molecule has 0 aromatic carbocycles. The predicted octanol–water partition coefficient (Wildman–Crippen LogP) is 1.81. The van der Waals surface area contributed by atoms with Crippen LogP contribution in [0.15, 0.2) is 0 Å². The molecule has 3 aliphatic rings. The highest BCUT2D eigenvalue weighted by molar-refractivity contribution is 5.80. The summed E-state index contributed by atoms with van der Waals surface area (Å²) >= 11 is 0. The Hall–Kier alpha value is -0.570. The molecule has 3 saturated carbocycles. The predicted molar refractivity (Wildman–Crippen MR) is 67.3 cm³/mol. The van der Waals surface area contributed by atoms with Gasteiger partial charge in [0.05, 0.1) is 0 Å². The van der Waals surface area contributed by atoms with E-state index in [0.717, 1.165) is 25.7 Å². The molecule has 1 amide bonds. The SMILES string of the molecule is NC1CCC(NC(=O)C(C2CC2)C2CC2)CC1. The maximum Gasteiger partial charge on any atom is 0.223 e. The van der Waals surface area contributed by atoms with Crippen molar-refractivity contribution in [1.82, 2.24) is 5.32 Å². The van der Waals surface area contributed by atoms with Gasteiger partial charge in [-0.25, -0.2) is 0 Å². The van der Waals surface area contributed by atoms with E-state index >= 15 is 0 Å². The second-order valence-corrected chi connectivity index (χ2v) is 6.32. The van der Waals surface area contributed by atoms with Gasteiger partial charge in [-0.2, -0.15) is 0 Å². The van der Waals surface area contributed by atoms with Gasteiger partial charge in [-0.15, -0.1) is 0 Å². The highest BCUT2D eigenvalue weighted by Gasteiger charge is 2.45. The Kier molecular flexibility index (Phi) is 3.12. The average molecular weight is 236 g/mol. The lowest BCUT2D eigenvalue weighted by atomic mass is 9.90. The van der Waals surface area contributed by atoms with E-state index in [1.807, 2.05) is 0 Å². The molecule has 3 heteroatoms. The summed E-state index contributed by atoms with van der Waals surface area (Å²) in [6.07, 6.45) is 9.43. The molecule has 96 valence electrons. The Morgan fingerprint density at radius 2 is 1.47 bits per heavy atom. The van der Waals surface area contributed by atoms with E-state index in [1.165, 1.54) is 25.7 Å². The van der Waals surface area contributed by atoms with Crippen molar-refractivity contribution in [3.8, 4) is 0 Å². The number of rotatable bonds is 4. The third-order valence-corrected chi connectivity index (χ3v) is 4.68. The first-order chi connectivity index (χ1) is 8.24.